The van der Waals surface area contributed by atoms with E-state index in [2.05, 4.69) is 184 Å². The summed E-state index contributed by atoms with van der Waals surface area (Å²) in [4.78, 5) is 0. The molecule has 48 heavy (non-hydrogen) atoms. The minimum Gasteiger partial charge on any atom is -0.0622 e. The summed E-state index contributed by atoms with van der Waals surface area (Å²) < 4.78 is 0. The second-order valence-electron chi connectivity index (χ2n) is 13.4. The fourth-order valence-corrected chi connectivity index (χ4v) is 8.12. The Kier molecular flexibility index (Phi) is 6.83. The predicted molar refractivity (Wildman–Crippen MR) is 206 cm³/mol. The van der Waals surface area contributed by atoms with Crippen molar-refractivity contribution in [3.05, 3.63) is 186 Å². The molecule has 9 rings (SSSR count). The number of fused-ring (bicyclic) bond motifs is 4. The summed E-state index contributed by atoms with van der Waals surface area (Å²) in [6, 6.07) is 60.5. The summed E-state index contributed by atoms with van der Waals surface area (Å²) in [5.74, 6) is 0.780. The zero-order chi connectivity index (χ0) is 32.2. The first-order chi connectivity index (χ1) is 23.7. The molecule has 1 aliphatic carbocycles. The molecule has 0 saturated carbocycles. The summed E-state index contributed by atoms with van der Waals surface area (Å²) in [5.41, 5.74) is 13.2. The van der Waals surface area contributed by atoms with E-state index in [1.54, 1.807) is 0 Å². The molecule has 0 heteroatoms. The second-order valence-corrected chi connectivity index (χ2v) is 13.4. The molecule has 0 aliphatic heterocycles. The molecule has 0 bridgehead atoms. The number of benzene rings is 8. The predicted octanol–water partition coefficient (Wildman–Crippen LogP) is 13.3. The fourth-order valence-electron chi connectivity index (χ4n) is 8.12. The molecule has 0 spiro atoms. The Morgan fingerprint density at radius 2 is 0.958 bits per heavy atom. The minimum absolute atomic E-state index is 0.308. The molecule has 1 aliphatic rings. The molecule has 1 unspecified atom stereocenters. The van der Waals surface area contributed by atoms with Crippen molar-refractivity contribution in [1.29, 1.82) is 0 Å². The number of rotatable bonds is 5. The van der Waals surface area contributed by atoms with E-state index in [0.717, 1.165) is 0 Å². The third kappa shape index (κ3) is 4.60. The highest BCUT2D eigenvalue weighted by atomic mass is 14.3. The number of allylic oxidation sites excluding steroid dienone is 1. The molecule has 0 saturated heterocycles. The van der Waals surface area contributed by atoms with Crippen LogP contribution in [0.25, 0.3) is 71.8 Å². The van der Waals surface area contributed by atoms with Crippen molar-refractivity contribution in [1.82, 2.24) is 0 Å². The molecule has 0 N–H and O–H groups in total. The van der Waals surface area contributed by atoms with Gasteiger partial charge < -0.3 is 0 Å². The Balaban J connectivity index is 1.21. The second kappa shape index (κ2) is 11.5. The molecule has 8 aromatic rings. The highest BCUT2D eigenvalue weighted by Crippen LogP contribution is 2.48. The molecular formula is C48H36. The summed E-state index contributed by atoms with van der Waals surface area (Å²) in [6.45, 7) is 4.64. The Labute approximate surface area is 282 Å². The normalized spacial score (nSPS) is 14.1. The van der Waals surface area contributed by atoms with Crippen LogP contribution in [0.2, 0.25) is 0 Å². The van der Waals surface area contributed by atoms with Crippen LogP contribution in [0.1, 0.15) is 36.5 Å². The van der Waals surface area contributed by atoms with E-state index in [9.17, 15) is 0 Å². The molecule has 0 amide bonds. The quantitative estimate of drug-likeness (QED) is 0.170. The minimum atomic E-state index is 0.308. The van der Waals surface area contributed by atoms with Gasteiger partial charge in [0.05, 0.1) is 0 Å². The van der Waals surface area contributed by atoms with E-state index >= 15 is 0 Å². The summed E-state index contributed by atoms with van der Waals surface area (Å²) in [5, 5.41) is 7.69. The smallest absolute Gasteiger partial charge is 0.0310 e. The lowest BCUT2D eigenvalue weighted by molar-refractivity contribution is 0.716. The van der Waals surface area contributed by atoms with Gasteiger partial charge in [-0.2, -0.15) is 0 Å². The first-order valence-electron chi connectivity index (χ1n) is 17.1. The standard InChI is InChI=1S/C48H36/c1-31(2)45-30-37-29-36(27-28-40(37)46(45)34-14-4-3-5-15-34)48-43-20-10-8-18-41(43)47(42-19-9-11-21-44(42)48)35-25-23-33(24-26-35)39-22-12-16-32-13-6-7-17-38(32)39/h3-31,46H,1-2H3. The van der Waals surface area contributed by atoms with Crippen molar-refractivity contribution >= 4 is 38.4 Å². The fraction of sp³-hybridized carbons (Fsp3) is 0.0833. The first-order valence-corrected chi connectivity index (χ1v) is 17.1. The monoisotopic (exact) mass is 612 g/mol. The zero-order valence-corrected chi connectivity index (χ0v) is 27.3. The van der Waals surface area contributed by atoms with Crippen LogP contribution >= 0.6 is 0 Å². The SMILES string of the molecule is CC(C)C1=Cc2cc(-c3c4ccccc4c(-c4ccc(-c5cccc6ccccc56)cc4)c4ccccc34)ccc2C1c1ccccc1. The van der Waals surface area contributed by atoms with E-state index in [1.807, 2.05) is 0 Å². The van der Waals surface area contributed by atoms with Crippen LogP contribution < -0.4 is 0 Å². The van der Waals surface area contributed by atoms with Gasteiger partial charge in [0.2, 0.25) is 0 Å². The van der Waals surface area contributed by atoms with Crippen LogP contribution in [0.15, 0.2) is 169 Å². The van der Waals surface area contributed by atoms with Gasteiger partial charge in [-0.25, -0.2) is 0 Å². The van der Waals surface area contributed by atoms with Gasteiger partial charge in [0, 0.05) is 5.92 Å². The molecule has 0 heterocycles. The van der Waals surface area contributed by atoms with Crippen molar-refractivity contribution < 1.29 is 0 Å². The Bertz CT molecular complexity index is 2450. The van der Waals surface area contributed by atoms with Crippen LogP contribution in [-0.4, -0.2) is 0 Å². The Morgan fingerprint density at radius 1 is 0.438 bits per heavy atom. The lowest BCUT2D eigenvalue weighted by Gasteiger charge is -2.21. The van der Waals surface area contributed by atoms with Gasteiger partial charge in [0.25, 0.3) is 0 Å². The zero-order valence-electron chi connectivity index (χ0n) is 27.3. The van der Waals surface area contributed by atoms with Gasteiger partial charge in [0.15, 0.2) is 0 Å². The topological polar surface area (TPSA) is 0 Å². The molecule has 8 aromatic carbocycles. The molecule has 0 radical (unpaired) electrons. The van der Waals surface area contributed by atoms with Gasteiger partial charge in [0.1, 0.15) is 0 Å². The highest BCUT2D eigenvalue weighted by molar-refractivity contribution is 6.21. The van der Waals surface area contributed by atoms with Crippen molar-refractivity contribution in [3.8, 4) is 33.4 Å². The molecule has 0 aromatic heterocycles. The molecule has 0 fully saturated rings. The lowest BCUT2D eigenvalue weighted by atomic mass is 9.82. The number of hydrogen-bond acceptors (Lipinski definition) is 0. The maximum absolute atomic E-state index is 2.46. The van der Waals surface area contributed by atoms with Crippen molar-refractivity contribution in [2.24, 2.45) is 5.92 Å². The van der Waals surface area contributed by atoms with Gasteiger partial charge in [-0.1, -0.05) is 183 Å². The molecule has 0 nitrogen and oxygen atoms in total. The summed E-state index contributed by atoms with van der Waals surface area (Å²) in [6.07, 6.45) is 2.46. The van der Waals surface area contributed by atoms with Crippen molar-refractivity contribution in [2.45, 2.75) is 19.8 Å². The average molecular weight is 613 g/mol. The van der Waals surface area contributed by atoms with Crippen LogP contribution in [-0.2, 0) is 0 Å². The van der Waals surface area contributed by atoms with Gasteiger partial charge in [-0.15, -0.1) is 0 Å². The van der Waals surface area contributed by atoms with E-state index in [0.29, 0.717) is 11.8 Å². The van der Waals surface area contributed by atoms with Gasteiger partial charge in [-0.3, -0.25) is 0 Å². The van der Waals surface area contributed by atoms with E-state index < -0.39 is 0 Å². The van der Waals surface area contributed by atoms with Crippen LogP contribution in [0, 0.1) is 5.92 Å². The van der Waals surface area contributed by atoms with Crippen LogP contribution in [0.4, 0.5) is 0 Å². The van der Waals surface area contributed by atoms with Crippen LogP contribution in [0.5, 0.6) is 0 Å². The van der Waals surface area contributed by atoms with Crippen molar-refractivity contribution in [3.63, 3.8) is 0 Å². The van der Waals surface area contributed by atoms with Crippen molar-refractivity contribution in [2.75, 3.05) is 0 Å². The average Bonchev–Trinajstić information content (AvgIpc) is 3.53. The maximum Gasteiger partial charge on any atom is 0.0310 e. The van der Waals surface area contributed by atoms with Gasteiger partial charge in [-0.05, 0) is 94.4 Å². The number of hydrogen-bond donors (Lipinski definition) is 0. The highest BCUT2D eigenvalue weighted by Gasteiger charge is 2.29. The lowest BCUT2D eigenvalue weighted by Crippen LogP contribution is -2.05. The van der Waals surface area contributed by atoms with E-state index in [-0.39, 0.29) is 0 Å². The van der Waals surface area contributed by atoms with Crippen LogP contribution in [0.3, 0.4) is 0 Å². The Morgan fingerprint density at radius 3 is 1.60 bits per heavy atom. The maximum atomic E-state index is 2.46. The molecule has 1 atom stereocenters. The summed E-state index contributed by atoms with van der Waals surface area (Å²) in [7, 11) is 0. The largest absolute Gasteiger partial charge is 0.0622 e. The molecular weight excluding hydrogens is 577 g/mol. The van der Waals surface area contributed by atoms with E-state index in [4.69, 9.17) is 0 Å². The van der Waals surface area contributed by atoms with Gasteiger partial charge >= 0.3 is 0 Å². The third-order valence-electron chi connectivity index (χ3n) is 10.3. The molecule has 228 valence electrons. The summed E-state index contributed by atoms with van der Waals surface area (Å²) >= 11 is 0. The Hall–Kier alpha value is -5.72. The van der Waals surface area contributed by atoms with E-state index in [1.165, 1.54) is 88.0 Å². The third-order valence-corrected chi connectivity index (χ3v) is 10.3. The first kappa shape index (κ1) is 28.5.